The van der Waals surface area contributed by atoms with Crippen molar-refractivity contribution in [2.45, 2.75) is 44.4 Å². The van der Waals surface area contributed by atoms with E-state index in [9.17, 15) is 5.11 Å². The van der Waals surface area contributed by atoms with Gasteiger partial charge in [0.05, 0.1) is 35.2 Å². The van der Waals surface area contributed by atoms with E-state index < -0.39 is 0 Å². The van der Waals surface area contributed by atoms with Crippen molar-refractivity contribution < 1.29 is 5.11 Å². The van der Waals surface area contributed by atoms with Gasteiger partial charge in [-0.1, -0.05) is 36.3 Å². The Morgan fingerprint density at radius 1 is 1.03 bits per heavy atom. The summed E-state index contributed by atoms with van der Waals surface area (Å²) >= 11 is 1.64. The highest BCUT2D eigenvalue weighted by Crippen LogP contribution is 2.30. The number of aliphatic hydroxyl groups excluding tert-OH is 1. The molecule has 0 spiro atoms. The molecule has 6 rings (SSSR count). The Morgan fingerprint density at radius 2 is 1.97 bits per heavy atom. The minimum atomic E-state index is -0.290. The maximum Gasteiger partial charge on any atom is 0.184 e. The quantitative estimate of drug-likeness (QED) is 0.392. The fourth-order valence-electron chi connectivity index (χ4n) is 4.52. The normalized spacial score (nSPS) is 18.7. The highest BCUT2D eigenvalue weighted by Gasteiger charge is 2.23. The molecule has 2 unspecified atom stereocenters. The molecule has 4 heterocycles. The molecule has 0 bridgehead atoms. The summed E-state index contributed by atoms with van der Waals surface area (Å²) in [5, 5.41) is 14.6. The molecule has 0 saturated heterocycles. The third-order valence-electron chi connectivity index (χ3n) is 6.29. The minimum Gasteiger partial charge on any atom is -0.391 e. The zero-order valence-electron chi connectivity index (χ0n) is 18.1. The molecule has 2 N–H and O–H groups in total. The van der Waals surface area contributed by atoms with Gasteiger partial charge >= 0.3 is 0 Å². The molecule has 0 aliphatic heterocycles. The van der Waals surface area contributed by atoms with E-state index in [0.29, 0.717) is 6.54 Å². The van der Waals surface area contributed by atoms with Crippen LogP contribution in [-0.4, -0.2) is 41.8 Å². The summed E-state index contributed by atoms with van der Waals surface area (Å²) in [5.41, 5.74) is 5.92. The van der Waals surface area contributed by atoms with Crippen molar-refractivity contribution in [2.75, 3.05) is 5.32 Å². The summed E-state index contributed by atoms with van der Waals surface area (Å²) in [6, 6.07) is 12.5. The molecule has 5 aromatic rings. The first-order chi connectivity index (χ1) is 16.2. The summed E-state index contributed by atoms with van der Waals surface area (Å²) in [5.74, 6) is 0. The molecule has 1 fully saturated rings. The molecule has 33 heavy (non-hydrogen) atoms. The van der Waals surface area contributed by atoms with Gasteiger partial charge in [0.25, 0.3) is 0 Å². The first-order valence-corrected chi connectivity index (χ1v) is 12.1. The molecule has 8 heteroatoms. The van der Waals surface area contributed by atoms with Crippen LogP contribution >= 0.6 is 11.3 Å². The van der Waals surface area contributed by atoms with Crippen molar-refractivity contribution in [1.82, 2.24) is 24.5 Å². The molecule has 2 atom stereocenters. The Bertz CT molecular complexity index is 1410. The number of nitrogens with one attached hydrogen (secondary N) is 1. The van der Waals surface area contributed by atoms with Gasteiger partial charge in [-0.3, -0.25) is 4.98 Å². The van der Waals surface area contributed by atoms with Crippen molar-refractivity contribution in [3.63, 3.8) is 0 Å². The van der Waals surface area contributed by atoms with Crippen LogP contribution in [0, 0.1) is 0 Å². The van der Waals surface area contributed by atoms with Gasteiger partial charge in [-0.2, -0.15) is 0 Å². The standard InChI is InChI=1S/C25H24N6OS/c32-22-6-2-1-5-19(22)29-25-30-20-8-7-16(10-23(20)33-25)14-31-15-28-21-11-18(13-27-24(21)31)17-4-3-9-26-12-17/h3-4,7-13,15,19,22,32H,1-2,5-6,14H2,(H,29,30). The molecule has 1 saturated carbocycles. The van der Waals surface area contributed by atoms with Gasteiger partial charge in [-0.15, -0.1) is 0 Å². The highest BCUT2D eigenvalue weighted by molar-refractivity contribution is 7.22. The lowest BCUT2D eigenvalue weighted by Crippen LogP contribution is -2.36. The van der Waals surface area contributed by atoms with Gasteiger partial charge in [0, 0.05) is 29.7 Å². The zero-order chi connectivity index (χ0) is 22.2. The predicted molar refractivity (Wildman–Crippen MR) is 131 cm³/mol. The molecule has 166 valence electrons. The van der Waals surface area contributed by atoms with Gasteiger partial charge in [0.1, 0.15) is 5.52 Å². The van der Waals surface area contributed by atoms with Crippen molar-refractivity contribution in [3.05, 3.63) is 66.9 Å². The van der Waals surface area contributed by atoms with Crippen LogP contribution < -0.4 is 5.32 Å². The second-order valence-electron chi connectivity index (χ2n) is 8.60. The number of benzene rings is 1. The summed E-state index contributed by atoms with van der Waals surface area (Å²) in [6.45, 7) is 0.688. The topological polar surface area (TPSA) is 88.8 Å². The minimum absolute atomic E-state index is 0.0960. The third-order valence-corrected chi connectivity index (χ3v) is 7.24. The van der Waals surface area contributed by atoms with Crippen LogP contribution in [0.3, 0.4) is 0 Å². The lowest BCUT2D eigenvalue weighted by molar-refractivity contribution is 0.116. The molecule has 0 amide bonds. The van der Waals surface area contributed by atoms with Crippen molar-refractivity contribution >= 4 is 37.8 Å². The third kappa shape index (κ3) is 4.07. The number of hydrogen-bond acceptors (Lipinski definition) is 7. The Kier molecular flexibility index (Phi) is 5.24. The van der Waals surface area contributed by atoms with Crippen LogP contribution in [0.15, 0.2) is 61.3 Å². The number of aliphatic hydroxyl groups is 1. The highest BCUT2D eigenvalue weighted by atomic mass is 32.1. The van der Waals surface area contributed by atoms with Crippen molar-refractivity contribution in [2.24, 2.45) is 0 Å². The summed E-state index contributed by atoms with van der Waals surface area (Å²) in [6.07, 6.45) is 11.1. The van der Waals surface area contributed by atoms with Crippen molar-refractivity contribution in [1.29, 1.82) is 0 Å². The maximum atomic E-state index is 10.3. The van der Waals surface area contributed by atoms with E-state index in [1.807, 2.05) is 30.9 Å². The Morgan fingerprint density at radius 3 is 2.85 bits per heavy atom. The van der Waals surface area contributed by atoms with Crippen LogP contribution in [0.5, 0.6) is 0 Å². The molecule has 1 aromatic carbocycles. The van der Waals surface area contributed by atoms with Gasteiger partial charge in [-0.25, -0.2) is 15.0 Å². The van der Waals surface area contributed by atoms with E-state index in [0.717, 1.165) is 63.3 Å². The van der Waals surface area contributed by atoms with Crippen LogP contribution in [0.2, 0.25) is 0 Å². The Labute approximate surface area is 195 Å². The van der Waals surface area contributed by atoms with Crippen LogP contribution in [0.25, 0.3) is 32.5 Å². The predicted octanol–water partition coefficient (Wildman–Crippen LogP) is 4.87. The number of fused-ring (bicyclic) bond motifs is 2. The molecule has 0 radical (unpaired) electrons. The first-order valence-electron chi connectivity index (χ1n) is 11.3. The average Bonchev–Trinajstić information content (AvgIpc) is 3.44. The smallest absolute Gasteiger partial charge is 0.184 e. The number of aromatic nitrogens is 5. The zero-order valence-corrected chi connectivity index (χ0v) is 18.9. The van der Waals surface area contributed by atoms with E-state index in [2.05, 4.69) is 49.1 Å². The lowest BCUT2D eigenvalue weighted by Gasteiger charge is -2.27. The fourth-order valence-corrected chi connectivity index (χ4v) is 5.51. The summed E-state index contributed by atoms with van der Waals surface area (Å²) in [4.78, 5) is 18.2. The number of thiazole rings is 1. The van der Waals surface area contributed by atoms with Gasteiger partial charge in [-0.05, 0) is 42.7 Å². The average molecular weight is 457 g/mol. The van der Waals surface area contributed by atoms with E-state index >= 15 is 0 Å². The molecule has 7 nitrogen and oxygen atoms in total. The summed E-state index contributed by atoms with van der Waals surface area (Å²) < 4.78 is 3.21. The monoisotopic (exact) mass is 456 g/mol. The van der Waals surface area contributed by atoms with Crippen LogP contribution in [0.1, 0.15) is 31.2 Å². The number of pyridine rings is 2. The number of rotatable bonds is 5. The van der Waals surface area contributed by atoms with Crippen LogP contribution in [-0.2, 0) is 6.54 Å². The molecular formula is C25H24N6OS. The van der Waals surface area contributed by atoms with Gasteiger partial charge in [0.15, 0.2) is 10.8 Å². The number of nitrogens with zero attached hydrogens (tertiary/aromatic N) is 5. The number of hydrogen-bond donors (Lipinski definition) is 2. The largest absolute Gasteiger partial charge is 0.391 e. The van der Waals surface area contributed by atoms with Crippen LogP contribution in [0.4, 0.5) is 5.13 Å². The summed E-state index contributed by atoms with van der Waals surface area (Å²) in [7, 11) is 0. The van der Waals surface area contributed by atoms with E-state index in [1.54, 1.807) is 17.5 Å². The number of imidazole rings is 1. The second-order valence-corrected chi connectivity index (χ2v) is 9.64. The van der Waals surface area contributed by atoms with Gasteiger partial charge in [0.2, 0.25) is 0 Å². The molecular weight excluding hydrogens is 432 g/mol. The molecule has 4 aromatic heterocycles. The Hall–Kier alpha value is -3.36. The second kappa shape index (κ2) is 8.53. The SMILES string of the molecule is OC1CCCCC1Nc1nc2ccc(Cn3cnc4cc(-c5cccnc5)cnc43)cc2s1. The van der Waals surface area contributed by atoms with E-state index in [4.69, 9.17) is 4.98 Å². The van der Waals surface area contributed by atoms with E-state index in [1.165, 1.54) is 5.56 Å². The first kappa shape index (κ1) is 20.3. The fraction of sp³-hybridized carbons (Fsp3) is 0.280. The molecule has 1 aliphatic carbocycles. The van der Waals surface area contributed by atoms with E-state index in [-0.39, 0.29) is 12.1 Å². The molecule has 1 aliphatic rings. The Balaban J connectivity index is 1.23. The van der Waals surface area contributed by atoms with Crippen molar-refractivity contribution in [3.8, 4) is 11.1 Å². The lowest BCUT2D eigenvalue weighted by atomic mass is 9.93. The maximum absolute atomic E-state index is 10.3. The number of anilines is 1. The van der Waals surface area contributed by atoms with Gasteiger partial charge < -0.3 is 15.0 Å².